The second kappa shape index (κ2) is 5.46. The molecule has 0 saturated heterocycles. The van der Waals surface area contributed by atoms with Gasteiger partial charge in [-0.05, 0) is 6.42 Å². The van der Waals surface area contributed by atoms with Gasteiger partial charge in [0.2, 0.25) is 0 Å². The number of hydrogen-bond donors (Lipinski definition) is 0. The lowest BCUT2D eigenvalue weighted by Gasteiger charge is -1.94. The van der Waals surface area contributed by atoms with Gasteiger partial charge < -0.3 is 4.57 Å². The molecule has 0 saturated carbocycles. The fourth-order valence-corrected chi connectivity index (χ4v) is 0.659. The fourth-order valence-electron chi connectivity index (χ4n) is 0.659. The Balaban J connectivity index is 0.000000810. The summed E-state index contributed by atoms with van der Waals surface area (Å²) in [5.41, 5.74) is 0. The number of aryl methyl sites for hydroxylation is 1. The average molecular weight is 250 g/mol. The molecule has 1 rings (SSSR count). The highest BCUT2D eigenvalue weighted by atomic mass is 127. The summed E-state index contributed by atoms with van der Waals surface area (Å²) in [4.78, 5) is 3.90. The Bertz CT molecular complexity index is 170. The van der Waals surface area contributed by atoms with Crippen LogP contribution in [0.2, 0.25) is 0 Å². The second-order valence-corrected chi connectivity index (χ2v) is 1.88. The third-order valence-electron chi connectivity index (χ3n) is 1.15. The first-order valence-electron chi connectivity index (χ1n) is 3.00. The summed E-state index contributed by atoms with van der Waals surface area (Å²) < 4.78 is 2.03. The summed E-state index contributed by atoms with van der Waals surface area (Å²) in [6.45, 7) is 4.62. The topological polar surface area (TPSA) is 17.8 Å². The Morgan fingerprint density at radius 3 is 2.90 bits per heavy atom. The minimum Gasteiger partial charge on any atom is -0.337 e. The van der Waals surface area contributed by atoms with E-state index in [1.54, 1.807) is 6.20 Å². The molecule has 0 fully saturated rings. The van der Waals surface area contributed by atoms with Gasteiger partial charge in [0.15, 0.2) is 0 Å². The van der Waals surface area contributed by atoms with E-state index in [0.717, 1.165) is 13.0 Å². The molecule has 0 N–H and O–H groups in total. The zero-order valence-electron chi connectivity index (χ0n) is 5.73. The van der Waals surface area contributed by atoms with Crippen LogP contribution in [-0.4, -0.2) is 9.55 Å². The van der Waals surface area contributed by atoms with Gasteiger partial charge in [0.05, 0.1) is 6.33 Å². The Kier molecular flexibility index (Phi) is 5.29. The van der Waals surface area contributed by atoms with Crippen molar-refractivity contribution in [2.45, 2.75) is 13.0 Å². The lowest BCUT2D eigenvalue weighted by molar-refractivity contribution is 0.710. The zero-order valence-corrected chi connectivity index (χ0v) is 8.06. The van der Waals surface area contributed by atoms with Crippen molar-refractivity contribution < 1.29 is 0 Å². The Morgan fingerprint density at radius 1 is 1.60 bits per heavy atom. The fraction of sp³-hybridized carbons (Fsp3) is 0.286. The van der Waals surface area contributed by atoms with Crippen LogP contribution in [0.15, 0.2) is 31.4 Å². The SMILES string of the molecule is C=CCCn1ccnc1.I. The molecule has 0 radical (unpaired) electrons. The number of aromatic nitrogens is 2. The third kappa shape index (κ3) is 3.00. The monoisotopic (exact) mass is 250 g/mol. The van der Waals surface area contributed by atoms with Gasteiger partial charge in [-0.25, -0.2) is 4.98 Å². The maximum absolute atomic E-state index is 3.90. The standard InChI is InChI=1S/C7H10N2.HI/c1-2-3-5-9-6-4-8-7-9;/h2,4,6-7H,1,3,5H2;1H. The molecule has 0 aliphatic heterocycles. The molecule has 1 aromatic rings. The van der Waals surface area contributed by atoms with Crippen molar-refractivity contribution >= 4 is 24.0 Å². The van der Waals surface area contributed by atoms with E-state index in [1.807, 2.05) is 23.2 Å². The van der Waals surface area contributed by atoms with Crippen LogP contribution in [0.25, 0.3) is 0 Å². The summed E-state index contributed by atoms with van der Waals surface area (Å²) in [6.07, 6.45) is 8.45. The molecule has 0 aliphatic carbocycles. The van der Waals surface area contributed by atoms with Gasteiger partial charge in [-0.1, -0.05) is 6.08 Å². The molecule has 56 valence electrons. The van der Waals surface area contributed by atoms with Crippen LogP contribution < -0.4 is 0 Å². The molecule has 3 heteroatoms. The van der Waals surface area contributed by atoms with Crippen molar-refractivity contribution in [3.8, 4) is 0 Å². The Morgan fingerprint density at radius 2 is 2.40 bits per heavy atom. The van der Waals surface area contributed by atoms with Crippen molar-refractivity contribution in [3.05, 3.63) is 31.4 Å². The zero-order chi connectivity index (χ0) is 6.53. The molecule has 1 aromatic heterocycles. The highest BCUT2D eigenvalue weighted by Gasteiger charge is 1.83. The van der Waals surface area contributed by atoms with E-state index in [2.05, 4.69) is 11.6 Å². The highest BCUT2D eigenvalue weighted by Crippen LogP contribution is 1.89. The van der Waals surface area contributed by atoms with Crippen LogP contribution in [-0.2, 0) is 6.54 Å². The van der Waals surface area contributed by atoms with Crippen LogP contribution in [0.4, 0.5) is 0 Å². The summed E-state index contributed by atoms with van der Waals surface area (Å²) in [6, 6.07) is 0. The van der Waals surface area contributed by atoms with Gasteiger partial charge in [-0.15, -0.1) is 30.6 Å². The molecule has 0 amide bonds. The third-order valence-corrected chi connectivity index (χ3v) is 1.15. The summed E-state index contributed by atoms with van der Waals surface area (Å²) in [7, 11) is 0. The highest BCUT2D eigenvalue weighted by molar-refractivity contribution is 14.0. The second-order valence-electron chi connectivity index (χ2n) is 1.88. The van der Waals surface area contributed by atoms with E-state index in [9.17, 15) is 0 Å². The molecule has 2 nitrogen and oxygen atoms in total. The lowest BCUT2D eigenvalue weighted by atomic mass is 10.4. The first-order valence-corrected chi connectivity index (χ1v) is 3.00. The molecule has 1 heterocycles. The van der Waals surface area contributed by atoms with Gasteiger partial charge in [-0.3, -0.25) is 0 Å². The summed E-state index contributed by atoms with van der Waals surface area (Å²) in [5.74, 6) is 0. The van der Waals surface area contributed by atoms with Crippen molar-refractivity contribution in [3.63, 3.8) is 0 Å². The predicted molar refractivity (Wildman–Crippen MR) is 52.5 cm³/mol. The smallest absolute Gasteiger partial charge is 0.0946 e. The van der Waals surface area contributed by atoms with Crippen molar-refractivity contribution in [1.29, 1.82) is 0 Å². The number of halogens is 1. The molecular formula is C7H11IN2. The maximum Gasteiger partial charge on any atom is 0.0946 e. The van der Waals surface area contributed by atoms with Crippen molar-refractivity contribution in [2.75, 3.05) is 0 Å². The Labute approximate surface area is 78.0 Å². The number of allylic oxidation sites excluding steroid dienone is 1. The molecule has 0 aromatic carbocycles. The van der Waals surface area contributed by atoms with E-state index in [1.165, 1.54) is 0 Å². The van der Waals surface area contributed by atoms with Crippen LogP contribution >= 0.6 is 24.0 Å². The van der Waals surface area contributed by atoms with Crippen LogP contribution in [0, 0.1) is 0 Å². The van der Waals surface area contributed by atoms with E-state index in [-0.39, 0.29) is 24.0 Å². The number of hydrogen-bond acceptors (Lipinski definition) is 1. The van der Waals surface area contributed by atoms with Crippen LogP contribution in [0.1, 0.15) is 6.42 Å². The molecule has 0 atom stereocenters. The lowest BCUT2D eigenvalue weighted by Crippen LogP contribution is -1.90. The summed E-state index contributed by atoms with van der Waals surface area (Å²) in [5, 5.41) is 0. The average Bonchev–Trinajstić information content (AvgIpc) is 2.34. The first-order chi connectivity index (χ1) is 4.43. The molecule has 0 unspecified atom stereocenters. The molecular weight excluding hydrogens is 239 g/mol. The Hall–Kier alpha value is -0.320. The minimum absolute atomic E-state index is 0. The van der Waals surface area contributed by atoms with Crippen molar-refractivity contribution in [1.82, 2.24) is 9.55 Å². The van der Waals surface area contributed by atoms with Crippen LogP contribution in [0.3, 0.4) is 0 Å². The first kappa shape index (κ1) is 9.68. The quantitative estimate of drug-likeness (QED) is 0.593. The van der Waals surface area contributed by atoms with E-state index in [0.29, 0.717) is 0 Å². The normalized spacial score (nSPS) is 8.40. The summed E-state index contributed by atoms with van der Waals surface area (Å²) >= 11 is 0. The largest absolute Gasteiger partial charge is 0.337 e. The molecule has 0 spiro atoms. The van der Waals surface area contributed by atoms with Crippen molar-refractivity contribution in [2.24, 2.45) is 0 Å². The molecule has 0 aliphatic rings. The van der Waals surface area contributed by atoms with Gasteiger partial charge in [0, 0.05) is 18.9 Å². The van der Waals surface area contributed by atoms with Gasteiger partial charge >= 0.3 is 0 Å². The number of rotatable bonds is 3. The van der Waals surface area contributed by atoms with E-state index >= 15 is 0 Å². The van der Waals surface area contributed by atoms with E-state index in [4.69, 9.17) is 0 Å². The molecule has 10 heavy (non-hydrogen) atoms. The maximum atomic E-state index is 3.90. The van der Waals surface area contributed by atoms with Gasteiger partial charge in [-0.2, -0.15) is 0 Å². The molecule has 0 bridgehead atoms. The van der Waals surface area contributed by atoms with Crippen LogP contribution in [0.5, 0.6) is 0 Å². The van der Waals surface area contributed by atoms with Gasteiger partial charge in [0.1, 0.15) is 0 Å². The predicted octanol–water partition coefficient (Wildman–Crippen LogP) is 2.08. The number of nitrogens with zero attached hydrogens (tertiary/aromatic N) is 2. The number of imidazole rings is 1. The minimum atomic E-state index is 0. The van der Waals surface area contributed by atoms with Gasteiger partial charge in [0.25, 0.3) is 0 Å². The van der Waals surface area contributed by atoms with E-state index < -0.39 is 0 Å².